The summed E-state index contributed by atoms with van der Waals surface area (Å²) >= 11 is 0. The average molecular weight is 388 g/mol. The van der Waals surface area contributed by atoms with E-state index in [0.29, 0.717) is 18.7 Å². The summed E-state index contributed by atoms with van der Waals surface area (Å²) in [4.78, 5) is 26.7. The van der Waals surface area contributed by atoms with E-state index < -0.39 is 0 Å². The summed E-state index contributed by atoms with van der Waals surface area (Å²) in [6, 6.07) is 19.1. The number of hydrogen-bond acceptors (Lipinski definition) is 3. The van der Waals surface area contributed by atoms with Crippen LogP contribution in [-0.2, 0) is 4.79 Å². The zero-order chi connectivity index (χ0) is 20.1. The second-order valence-electron chi connectivity index (χ2n) is 7.29. The van der Waals surface area contributed by atoms with Gasteiger partial charge in [-0.05, 0) is 30.5 Å². The minimum absolute atomic E-state index is 0.00890. The molecule has 0 spiro atoms. The molecule has 0 aliphatic carbocycles. The minimum atomic E-state index is -0.229. The Morgan fingerprint density at radius 3 is 2.55 bits per heavy atom. The number of aromatic nitrogens is 2. The van der Waals surface area contributed by atoms with E-state index in [-0.39, 0.29) is 24.3 Å². The molecule has 6 heteroatoms. The van der Waals surface area contributed by atoms with Gasteiger partial charge in [0.05, 0.1) is 12.7 Å². The van der Waals surface area contributed by atoms with Crippen molar-refractivity contribution in [3.8, 4) is 11.1 Å². The number of aromatic amines is 1. The molecule has 2 N–H and O–H groups in total. The van der Waals surface area contributed by atoms with Crippen molar-refractivity contribution in [1.29, 1.82) is 0 Å². The number of likely N-dealkylation sites (tertiary alicyclic amines) is 1. The van der Waals surface area contributed by atoms with Gasteiger partial charge >= 0.3 is 0 Å². The van der Waals surface area contributed by atoms with E-state index in [1.807, 2.05) is 35.4 Å². The van der Waals surface area contributed by atoms with E-state index in [2.05, 4.69) is 27.6 Å². The van der Waals surface area contributed by atoms with Crippen molar-refractivity contribution in [3.63, 3.8) is 0 Å². The van der Waals surface area contributed by atoms with Crippen LogP contribution in [0.4, 0.5) is 0 Å². The van der Waals surface area contributed by atoms with E-state index in [9.17, 15) is 9.59 Å². The van der Waals surface area contributed by atoms with Crippen molar-refractivity contribution in [3.05, 3.63) is 78.1 Å². The van der Waals surface area contributed by atoms with Crippen molar-refractivity contribution in [2.75, 3.05) is 19.6 Å². The van der Waals surface area contributed by atoms with Crippen LogP contribution in [0.5, 0.6) is 0 Å². The molecule has 2 heterocycles. The maximum Gasteiger partial charge on any atom is 0.251 e. The highest BCUT2D eigenvalue weighted by atomic mass is 16.2. The number of amides is 2. The van der Waals surface area contributed by atoms with Crippen LogP contribution in [0.3, 0.4) is 0 Å². The molecule has 0 unspecified atom stereocenters. The van der Waals surface area contributed by atoms with Crippen LogP contribution in [0, 0.1) is 0 Å². The Kier molecular flexibility index (Phi) is 5.70. The van der Waals surface area contributed by atoms with Crippen LogP contribution in [0.25, 0.3) is 11.1 Å². The Balaban J connectivity index is 1.39. The Morgan fingerprint density at radius 2 is 1.79 bits per heavy atom. The third-order valence-corrected chi connectivity index (χ3v) is 5.37. The number of benzene rings is 2. The van der Waals surface area contributed by atoms with Crippen molar-refractivity contribution < 1.29 is 9.59 Å². The molecule has 4 rings (SSSR count). The van der Waals surface area contributed by atoms with Crippen LogP contribution in [0.15, 0.2) is 66.9 Å². The number of piperidine rings is 1. The standard InChI is InChI=1S/C23H24N4O2/c28-21(15-24-23(29)18-10-5-2-6-11-18)27-13-7-12-19(16-27)22-20(14-25-26-22)17-8-3-1-4-9-17/h1-6,8-11,14,19H,7,12-13,15-16H2,(H,24,29)(H,25,26)/t19-/m0/s1. The second kappa shape index (κ2) is 8.73. The number of nitrogens with zero attached hydrogens (tertiary/aromatic N) is 2. The molecule has 1 saturated heterocycles. The third kappa shape index (κ3) is 4.37. The van der Waals surface area contributed by atoms with Gasteiger partial charge in [-0.2, -0.15) is 5.10 Å². The topological polar surface area (TPSA) is 78.1 Å². The van der Waals surface area contributed by atoms with Gasteiger partial charge in [-0.1, -0.05) is 48.5 Å². The molecular formula is C23H24N4O2. The SMILES string of the molecule is O=C(NCC(=O)N1CCC[C@H](c2[nH]ncc2-c2ccccc2)C1)c1ccccc1. The number of hydrogen-bond donors (Lipinski definition) is 2. The highest BCUT2D eigenvalue weighted by Crippen LogP contribution is 2.32. The lowest BCUT2D eigenvalue weighted by molar-refractivity contribution is -0.131. The summed E-state index contributed by atoms with van der Waals surface area (Å²) in [5.41, 5.74) is 3.83. The highest BCUT2D eigenvalue weighted by Gasteiger charge is 2.27. The quantitative estimate of drug-likeness (QED) is 0.704. The molecule has 0 saturated carbocycles. The lowest BCUT2D eigenvalue weighted by Crippen LogP contribution is -2.44. The van der Waals surface area contributed by atoms with Gasteiger partial charge < -0.3 is 10.2 Å². The first-order valence-electron chi connectivity index (χ1n) is 9.92. The van der Waals surface area contributed by atoms with Gasteiger partial charge in [0.25, 0.3) is 5.91 Å². The molecule has 1 atom stereocenters. The van der Waals surface area contributed by atoms with Crippen LogP contribution in [0.2, 0.25) is 0 Å². The molecule has 0 bridgehead atoms. The van der Waals surface area contributed by atoms with Crippen molar-refractivity contribution >= 4 is 11.8 Å². The number of nitrogens with one attached hydrogen (secondary N) is 2. The monoisotopic (exact) mass is 388 g/mol. The van der Waals surface area contributed by atoms with Gasteiger partial charge in [0.2, 0.25) is 5.91 Å². The highest BCUT2D eigenvalue weighted by molar-refractivity contribution is 5.96. The van der Waals surface area contributed by atoms with Gasteiger partial charge in [-0.25, -0.2) is 0 Å². The van der Waals surface area contributed by atoms with E-state index in [0.717, 1.165) is 29.7 Å². The Morgan fingerprint density at radius 1 is 1.07 bits per heavy atom. The smallest absolute Gasteiger partial charge is 0.251 e. The first kappa shape index (κ1) is 18.9. The summed E-state index contributed by atoms with van der Waals surface area (Å²) in [6.07, 6.45) is 3.78. The zero-order valence-corrected chi connectivity index (χ0v) is 16.2. The van der Waals surface area contributed by atoms with Crippen LogP contribution < -0.4 is 5.32 Å². The van der Waals surface area contributed by atoms with Gasteiger partial charge in [-0.3, -0.25) is 14.7 Å². The summed E-state index contributed by atoms with van der Waals surface area (Å²) < 4.78 is 0. The predicted octanol–water partition coefficient (Wildman–Crippen LogP) is 3.21. The molecule has 1 fully saturated rings. The predicted molar refractivity (Wildman–Crippen MR) is 111 cm³/mol. The molecule has 148 valence electrons. The number of carbonyl (C=O) groups excluding carboxylic acids is 2. The average Bonchev–Trinajstić information content (AvgIpc) is 3.28. The molecule has 3 aromatic rings. The van der Waals surface area contributed by atoms with E-state index in [1.54, 1.807) is 24.3 Å². The summed E-state index contributed by atoms with van der Waals surface area (Å²) in [5, 5.41) is 10.1. The zero-order valence-electron chi connectivity index (χ0n) is 16.2. The van der Waals surface area contributed by atoms with Gasteiger partial charge in [-0.15, -0.1) is 0 Å². The van der Waals surface area contributed by atoms with E-state index in [1.165, 1.54) is 0 Å². The lowest BCUT2D eigenvalue weighted by Gasteiger charge is -2.33. The molecule has 29 heavy (non-hydrogen) atoms. The summed E-state index contributed by atoms with van der Waals surface area (Å²) in [5.74, 6) is -0.0811. The van der Waals surface area contributed by atoms with Gasteiger partial charge in [0.1, 0.15) is 0 Å². The first-order chi connectivity index (χ1) is 14.2. The summed E-state index contributed by atoms with van der Waals surface area (Å²) in [6.45, 7) is 1.35. The second-order valence-corrected chi connectivity index (χ2v) is 7.29. The molecule has 1 aliphatic heterocycles. The normalized spacial score (nSPS) is 16.4. The molecule has 2 aromatic carbocycles. The minimum Gasteiger partial charge on any atom is -0.343 e. The van der Waals surface area contributed by atoms with Crippen molar-refractivity contribution in [2.45, 2.75) is 18.8 Å². The van der Waals surface area contributed by atoms with Crippen LogP contribution >= 0.6 is 0 Å². The van der Waals surface area contributed by atoms with Crippen molar-refractivity contribution in [1.82, 2.24) is 20.4 Å². The Hall–Kier alpha value is -3.41. The molecular weight excluding hydrogens is 364 g/mol. The fourth-order valence-electron chi connectivity index (χ4n) is 3.85. The molecule has 1 aliphatic rings. The van der Waals surface area contributed by atoms with Gasteiger partial charge in [0, 0.05) is 35.8 Å². The first-order valence-corrected chi connectivity index (χ1v) is 9.92. The maximum atomic E-state index is 12.7. The number of H-pyrrole nitrogens is 1. The fourth-order valence-corrected chi connectivity index (χ4v) is 3.85. The molecule has 2 amide bonds. The van der Waals surface area contributed by atoms with E-state index in [4.69, 9.17) is 0 Å². The maximum absolute atomic E-state index is 12.7. The largest absolute Gasteiger partial charge is 0.343 e. The Labute approximate surface area is 169 Å². The third-order valence-electron chi connectivity index (χ3n) is 5.37. The van der Waals surface area contributed by atoms with Crippen LogP contribution in [-0.4, -0.2) is 46.5 Å². The molecule has 0 radical (unpaired) electrons. The number of carbonyl (C=O) groups is 2. The van der Waals surface area contributed by atoms with Crippen LogP contribution in [0.1, 0.15) is 34.8 Å². The Bertz CT molecular complexity index is 969. The van der Waals surface area contributed by atoms with Crippen molar-refractivity contribution in [2.24, 2.45) is 0 Å². The van der Waals surface area contributed by atoms with Gasteiger partial charge in [0.15, 0.2) is 0 Å². The molecule has 6 nitrogen and oxygen atoms in total. The number of rotatable bonds is 5. The van der Waals surface area contributed by atoms with E-state index >= 15 is 0 Å². The summed E-state index contributed by atoms with van der Waals surface area (Å²) in [7, 11) is 0. The lowest BCUT2D eigenvalue weighted by atomic mass is 9.90. The molecule has 1 aromatic heterocycles. The fraction of sp³-hybridized carbons (Fsp3) is 0.261.